The van der Waals surface area contributed by atoms with Gasteiger partial charge >= 0.3 is 0 Å². The van der Waals surface area contributed by atoms with Gasteiger partial charge in [0.15, 0.2) is 0 Å². The van der Waals surface area contributed by atoms with Crippen LogP contribution in [-0.2, 0) is 10.2 Å². The van der Waals surface area contributed by atoms with E-state index in [1.165, 1.54) is 11.1 Å². The second-order valence-corrected chi connectivity index (χ2v) is 6.59. The third-order valence-corrected chi connectivity index (χ3v) is 4.21. The number of rotatable bonds is 3. The first kappa shape index (κ1) is 15.5. The molecular weight excluding hydrogens is 248 g/mol. The number of morpholine rings is 1. The molecule has 1 aliphatic heterocycles. The number of likely N-dealkylation sites (N-methyl/N-ethyl adjacent to an activating group) is 1. The molecule has 1 fully saturated rings. The number of hydrogen-bond donors (Lipinski definition) is 1. The van der Waals surface area contributed by atoms with E-state index in [0.717, 1.165) is 19.7 Å². The van der Waals surface area contributed by atoms with Crippen LogP contribution >= 0.6 is 0 Å². The maximum absolute atomic E-state index is 5.90. The number of nitrogens with two attached hydrogens (primary N) is 1. The fourth-order valence-corrected chi connectivity index (χ4v) is 2.94. The predicted octanol–water partition coefficient (Wildman–Crippen LogP) is 2.70. The summed E-state index contributed by atoms with van der Waals surface area (Å²) in [6.45, 7) is 12.3. The minimum atomic E-state index is 0.101. The molecule has 0 saturated carbocycles. The monoisotopic (exact) mass is 276 g/mol. The van der Waals surface area contributed by atoms with E-state index < -0.39 is 0 Å². The van der Waals surface area contributed by atoms with Crippen LogP contribution in [0.15, 0.2) is 24.3 Å². The van der Waals surface area contributed by atoms with E-state index in [0.29, 0.717) is 6.54 Å². The number of nitrogens with zero attached hydrogens (tertiary/aromatic N) is 1. The minimum absolute atomic E-state index is 0.101. The van der Waals surface area contributed by atoms with Crippen molar-refractivity contribution in [2.45, 2.75) is 45.3 Å². The summed E-state index contributed by atoms with van der Waals surface area (Å²) in [7, 11) is 0. The average Bonchev–Trinajstić information content (AvgIpc) is 2.45. The Morgan fingerprint density at radius 1 is 1.25 bits per heavy atom. The molecular formula is C17H28N2O. The van der Waals surface area contributed by atoms with Gasteiger partial charge in [0.25, 0.3) is 0 Å². The zero-order chi connectivity index (χ0) is 14.8. The molecule has 1 saturated heterocycles. The van der Waals surface area contributed by atoms with E-state index in [1.807, 2.05) is 0 Å². The van der Waals surface area contributed by atoms with Crippen molar-refractivity contribution in [1.82, 2.24) is 4.90 Å². The van der Waals surface area contributed by atoms with Crippen LogP contribution in [0, 0.1) is 0 Å². The molecule has 1 aromatic carbocycles. The zero-order valence-corrected chi connectivity index (χ0v) is 13.2. The molecule has 0 bridgehead atoms. The van der Waals surface area contributed by atoms with Gasteiger partial charge in [-0.1, -0.05) is 52.0 Å². The van der Waals surface area contributed by atoms with Crippen molar-refractivity contribution < 1.29 is 4.74 Å². The highest BCUT2D eigenvalue weighted by Gasteiger charge is 2.31. The first-order chi connectivity index (χ1) is 9.47. The van der Waals surface area contributed by atoms with Crippen LogP contribution in [0.2, 0.25) is 0 Å². The average molecular weight is 276 g/mol. The van der Waals surface area contributed by atoms with Crippen molar-refractivity contribution in [1.29, 1.82) is 0 Å². The lowest BCUT2D eigenvalue weighted by atomic mass is 9.85. The predicted molar refractivity (Wildman–Crippen MR) is 83.9 cm³/mol. The van der Waals surface area contributed by atoms with E-state index in [4.69, 9.17) is 10.5 Å². The van der Waals surface area contributed by atoms with Crippen LogP contribution in [-0.4, -0.2) is 37.2 Å². The minimum Gasteiger partial charge on any atom is -0.374 e. The van der Waals surface area contributed by atoms with Crippen LogP contribution in [0.1, 0.15) is 44.9 Å². The van der Waals surface area contributed by atoms with Crippen LogP contribution in [0.25, 0.3) is 0 Å². The Balaban J connectivity index is 2.27. The standard InChI is InChI=1S/C17H28N2O/c1-5-19-10-11-20-15(12-18)16(19)13-6-8-14(9-7-13)17(2,3)4/h6-9,15-16H,5,10-12,18H2,1-4H3. The molecule has 2 unspecified atom stereocenters. The molecule has 1 aliphatic rings. The smallest absolute Gasteiger partial charge is 0.0894 e. The molecule has 1 heterocycles. The van der Waals surface area contributed by atoms with E-state index >= 15 is 0 Å². The van der Waals surface area contributed by atoms with Gasteiger partial charge in [0.1, 0.15) is 0 Å². The highest BCUT2D eigenvalue weighted by molar-refractivity contribution is 5.30. The fourth-order valence-electron chi connectivity index (χ4n) is 2.94. The van der Waals surface area contributed by atoms with Crippen molar-refractivity contribution in [3.63, 3.8) is 0 Å². The van der Waals surface area contributed by atoms with Gasteiger partial charge in [-0.2, -0.15) is 0 Å². The molecule has 3 nitrogen and oxygen atoms in total. The topological polar surface area (TPSA) is 38.5 Å². The first-order valence-corrected chi connectivity index (χ1v) is 7.63. The van der Waals surface area contributed by atoms with Crippen molar-refractivity contribution in [3.8, 4) is 0 Å². The quantitative estimate of drug-likeness (QED) is 0.922. The third-order valence-electron chi connectivity index (χ3n) is 4.21. The lowest BCUT2D eigenvalue weighted by molar-refractivity contribution is -0.0658. The Morgan fingerprint density at radius 2 is 1.90 bits per heavy atom. The first-order valence-electron chi connectivity index (χ1n) is 7.63. The third kappa shape index (κ3) is 3.22. The molecule has 2 atom stereocenters. The molecule has 0 aliphatic carbocycles. The van der Waals surface area contributed by atoms with Gasteiger partial charge in [-0.3, -0.25) is 4.90 Å². The molecule has 0 spiro atoms. The molecule has 1 aromatic rings. The van der Waals surface area contributed by atoms with Crippen LogP contribution < -0.4 is 5.73 Å². The van der Waals surface area contributed by atoms with Crippen LogP contribution in [0.4, 0.5) is 0 Å². The van der Waals surface area contributed by atoms with Gasteiger partial charge in [-0.25, -0.2) is 0 Å². The summed E-state index contributed by atoms with van der Waals surface area (Å²) in [6, 6.07) is 9.25. The Bertz CT molecular complexity index is 410. The summed E-state index contributed by atoms with van der Waals surface area (Å²) >= 11 is 0. The number of benzene rings is 1. The maximum atomic E-state index is 5.90. The summed E-state index contributed by atoms with van der Waals surface area (Å²) in [5.41, 5.74) is 8.77. The Labute approximate surface area is 123 Å². The Hall–Kier alpha value is -0.900. The van der Waals surface area contributed by atoms with E-state index in [-0.39, 0.29) is 17.6 Å². The molecule has 0 radical (unpaired) electrons. The zero-order valence-electron chi connectivity index (χ0n) is 13.2. The van der Waals surface area contributed by atoms with E-state index in [1.54, 1.807) is 0 Å². The van der Waals surface area contributed by atoms with Crippen molar-refractivity contribution >= 4 is 0 Å². The van der Waals surface area contributed by atoms with Gasteiger partial charge in [-0.15, -0.1) is 0 Å². The molecule has 20 heavy (non-hydrogen) atoms. The molecule has 0 amide bonds. The van der Waals surface area contributed by atoms with Crippen LogP contribution in [0.5, 0.6) is 0 Å². The Morgan fingerprint density at radius 3 is 2.40 bits per heavy atom. The number of ether oxygens (including phenoxy) is 1. The molecule has 2 N–H and O–H groups in total. The van der Waals surface area contributed by atoms with E-state index in [2.05, 4.69) is 56.9 Å². The normalized spacial score (nSPS) is 24.9. The second-order valence-electron chi connectivity index (χ2n) is 6.59. The van der Waals surface area contributed by atoms with Crippen molar-refractivity contribution in [3.05, 3.63) is 35.4 Å². The fraction of sp³-hybridized carbons (Fsp3) is 0.647. The van der Waals surface area contributed by atoms with Crippen molar-refractivity contribution in [2.75, 3.05) is 26.2 Å². The number of hydrogen-bond acceptors (Lipinski definition) is 3. The molecule has 3 heteroatoms. The second kappa shape index (κ2) is 6.25. The van der Waals surface area contributed by atoms with Gasteiger partial charge in [0.05, 0.1) is 18.8 Å². The van der Waals surface area contributed by atoms with Gasteiger partial charge in [-0.05, 0) is 23.1 Å². The van der Waals surface area contributed by atoms with Gasteiger partial charge < -0.3 is 10.5 Å². The van der Waals surface area contributed by atoms with Crippen LogP contribution in [0.3, 0.4) is 0 Å². The summed E-state index contributed by atoms with van der Waals surface area (Å²) < 4.78 is 5.86. The SMILES string of the molecule is CCN1CCOC(CN)C1c1ccc(C(C)(C)C)cc1. The molecule has 0 aromatic heterocycles. The lowest BCUT2D eigenvalue weighted by Crippen LogP contribution is -2.48. The summed E-state index contributed by atoms with van der Waals surface area (Å²) in [6.07, 6.45) is 0.101. The summed E-state index contributed by atoms with van der Waals surface area (Å²) in [5.74, 6) is 0. The van der Waals surface area contributed by atoms with E-state index in [9.17, 15) is 0 Å². The van der Waals surface area contributed by atoms with Crippen molar-refractivity contribution in [2.24, 2.45) is 5.73 Å². The largest absolute Gasteiger partial charge is 0.374 e. The Kier molecular flexibility index (Phi) is 4.84. The highest BCUT2D eigenvalue weighted by Crippen LogP contribution is 2.31. The summed E-state index contributed by atoms with van der Waals surface area (Å²) in [4.78, 5) is 2.47. The van der Waals surface area contributed by atoms with Gasteiger partial charge in [0, 0.05) is 13.1 Å². The summed E-state index contributed by atoms with van der Waals surface area (Å²) in [5, 5.41) is 0. The molecule has 2 rings (SSSR count). The molecule has 112 valence electrons. The van der Waals surface area contributed by atoms with Gasteiger partial charge in [0.2, 0.25) is 0 Å². The maximum Gasteiger partial charge on any atom is 0.0894 e. The lowest BCUT2D eigenvalue weighted by Gasteiger charge is -2.40. The highest BCUT2D eigenvalue weighted by atomic mass is 16.5.